The van der Waals surface area contributed by atoms with Gasteiger partial charge in [-0.2, -0.15) is 0 Å². The topological polar surface area (TPSA) is 57.7 Å². The first-order chi connectivity index (χ1) is 13.3. The van der Waals surface area contributed by atoms with E-state index in [0.717, 1.165) is 51.0 Å². The number of aromatic nitrogens is 4. The lowest BCUT2D eigenvalue weighted by Crippen LogP contribution is -2.36. The number of nitrogens with one attached hydrogen (secondary N) is 1. The molecular weight excluding hydrogens is 361 g/mol. The Morgan fingerprint density at radius 1 is 1.11 bits per heavy atom. The molecule has 5 rings (SSSR count). The van der Waals surface area contributed by atoms with E-state index in [9.17, 15) is 4.39 Å². The van der Waals surface area contributed by atoms with Crippen molar-refractivity contribution < 1.29 is 4.39 Å². The summed E-state index contributed by atoms with van der Waals surface area (Å²) in [6.07, 6.45) is 6.39. The molecule has 5 heterocycles. The summed E-state index contributed by atoms with van der Waals surface area (Å²) in [6.45, 7) is 1.29. The minimum absolute atomic E-state index is 0.430. The second-order valence-corrected chi connectivity index (χ2v) is 7.76. The van der Waals surface area contributed by atoms with Gasteiger partial charge in [0.05, 0.1) is 16.9 Å². The molecule has 0 radical (unpaired) electrons. The van der Waals surface area contributed by atoms with Gasteiger partial charge >= 0.3 is 0 Å². The number of rotatable bonds is 3. The predicted octanol–water partition coefficient (Wildman–Crippen LogP) is 4.69. The highest BCUT2D eigenvalue weighted by Crippen LogP contribution is 2.31. The fourth-order valence-electron chi connectivity index (χ4n) is 3.42. The van der Waals surface area contributed by atoms with Crippen molar-refractivity contribution in [2.75, 3.05) is 18.0 Å². The van der Waals surface area contributed by atoms with E-state index in [-0.39, 0.29) is 0 Å². The van der Waals surface area contributed by atoms with Crippen LogP contribution in [-0.2, 0) is 0 Å². The van der Waals surface area contributed by atoms with Gasteiger partial charge in [-0.15, -0.1) is 11.3 Å². The number of hydrogen-bond donors (Lipinski definition) is 1. The van der Waals surface area contributed by atoms with Crippen LogP contribution in [0.2, 0.25) is 0 Å². The van der Waals surface area contributed by atoms with Crippen LogP contribution in [0.3, 0.4) is 0 Å². The molecule has 5 nitrogen and oxygen atoms in total. The first-order valence-electron chi connectivity index (χ1n) is 9.02. The Bertz CT molecular complexity index is 1060. The highest BCUT2D eigenvalue weighted by Gasteiger charge is 2.20. The minimum Gasteiger partial charge on any atom is -0.367 e. The van der Waals surface area contributed by atoms with E-state index >= 15 is 0 Å². The van der Waals surface area contributed by atoms with Gasteiger partial charge in [0.25, 0.3) is 0 Å². The summed E-state index contributed by atoms with van der Waals surface area (Å²) in [5, 5.41) is 0.893. The van der Waals surface area contributed by atoms with Crippen LogP contribution in [0, 0.1) is 0 Å². The first kappa shape index (κ1) is 16.4. The Morgan fingerprint density at radius 2 is 2.07 bits per heavy atom. The van der Waals surface area contributed by atoms with Crippen LogP contribution in [-0.4, -0.2) is 39.2 Å². The van der Waals surface area contributed by atoms with Crippen molar-refractivity contribution in [3.05, 3.63) is 48.9 Å². The van der Waals surface area contributed by atoms with E-state index in [1.807, 2.05) is 47.8 Å². The summed E-state index contributed by atoms with van der Waals surface area (Å²) < 4.78 is 14.7. The third kappa shape index (κ3) is 3.19. The van der Waals surface area contributed by atoms with E-state index in [0.29, 0.717) is 13.0 Å². The largest absolute Gasteiger partial charge is 0.367 e. The Hall–Kier alpha value is -2.80. The number of alkyl halides is 1. The summed E-state index contributed by atoms with van der Waals surface area (Å²) in [6, 6.07) is 10.0. The zero-order chi connectivity index (χ0) is 18.2. The maximum Gasteiger partial charge on any atom is 0.171 e. The quantitative estimate of drug-likeness (QED) is 0.561. The number of thiazole rings is 1. The molecule has 136 valence electrons. The van der Waals surface area contributed by atoms with E-state index in [2.05, 4.69) is 21.0 Å². The average Bonchev–Trinajstić information content (AvgIpc) is 3.37. The van der Waals surface area contributed by atoms with Crippen LogP contribution < -0.4 is 4.90 Å². The lowest BCUT2D eigenvalue weighted by Gasteiger charge is -2.29. The average molecular weight is 379 g/mol. The Labute approximate surface area is 159 Å². The molecule has 0 amide bonds. The zero-order valence-corrected chi connectivity index (χ0v) is 15.4. The van der Waals surface area contributed by atoms with Crippen molar-refractivity contribution in [3.63, 3.8) is 0 Å². The number of halogens is 1. The number of pyridine rings is 2. The van der Waals surface area contributed by atoms with Gasteiger partial charge in [0.2, 0.25) is 0 Å². The molecule has 1 fully saturated rings. The normalized spacial score (nSPS) is 17.5. The summed E-state index contributed by atoms with van der Waals surface area (Å²) in [5.41, 5.74) is 3.65. The third-order valence-corrected chi connectivity index (χ3v) is 5.89. The van der Waals surface area contributed by atoms with Gasteiger partial charge < -0.3 is 9.88 Å². The molecule has 0 bridgehead atoms. The number of H-pyrrole nitrogens is 1. The smallest absolute Gasteiger partial charge is 0.171 e. The summed E-state index contributed by atoms with van der Waals surface area (Å²) in [5.74, 6) is 0.829. The highest BCUT2D eigenvalue weighted by molar-refractivity contribution is 7.21. The second kappa shape index (κ2) is 6.74. The number of anilines is 1. The third-order valence-electron chi connectivity index (χ3n) is 4.83. The number of hydrogen-bond acceptors (Lipinski definition) is 5. The van der Waals surface area contributed by atoms with Crippen LogP contribution in [0.4, 0.5) is 10.2 Å². The molecule has 0 aromatic carbocycles. The lowest BCUT2D eigenvalue weighted by molar-refractivity contribution is 0.286. The molecule has 0 aliphatic carbocycles. The maximum absolute atomic E-state index is 13.6. The van der Waals surface area contributed by atoms with Crippen LogP contribution in [0.1, 0.15) is 12.8 Å². The molecule has 1 aliphatic rings. The van der Waals surface area contributed by atoms with Gasteiger partial charge in [-0.3, -0.25) is 0 Å². The molecular formula is C20H18FN5S. The molecule has 0 saturated carbocycles. The molecule has 1 atom stereocenters. The Balaban J connectivity index is 1.43. The molecule has 1 saturated heterocycles. The number of piperidine rings is 1. The second-order valence-electron chi connectivity index (χ2n) is 6.73. The van der Waals surface area contributed by atoms with Gasteiger partial charge in [0, 0.05) is 36.3 Å². The van der Waals surface area contributed by atoms with Crippen LogP contribution >= 0.6 is 11.3 Å². The van der Waals surface area contributed by atoms with Crippen LogP contribution in [0.25, 0.3) is 32.2 Å². The fraction of sp³-hybridized carbons (Fsp3) is 0.250. The van der Waals surface area contributed by atoms with E-state index in [1.54, 1.807) is 11.3 Å². The van der Waals surface area contributed by atoms with Gasteiger partial charge in [0.1, 0.15) is 17.0 Å². The maximum atomic E-state index is 13.6. The highest BCUT2D eigenvalue weighted by atomic mass is 32.1. The molecule has 1 aliphatic heterocycles. The fourth-order valence-corrected chi connectivity index (χ4v) is 4.32. The molecule has 7 heteroatoms. The van der Waals surface area contributed by atoms with Crippen LogP contribution in [0.15, 0.2) is 48.9 Å². The van der Waals surface area contributed by atoms with Crippen molar-refractivity contribution in [1.29, 1.82) is 0 Å². The minimum atomic E-state index is -0.759. The summed E-state index contributed by atoms with van der Waals surface area (Å²) >= 11 is 1.60. The number of nitrogens with zero attached hydrogens (tertiary/aromatic N) is 4. The lowest BCUT2D eigenvalue weighted by atomic mass is 10.1. The van der Waals surface area contributed by atoms with E-state index < -0.39 is 6.17 Å². The summed E-state index contributed by atoms with van der Waals surface area (Å²) in [7, 11) is 0. The van der Waals surface area contributed by atoms with E-state index in [4.69, 9.17) is 4.98 Å². The van der Waals surface area contributed by atoms with Crippen molar-refractivity contribution >= 4 is 27.5 Å². The molecule has 0 spiro atoms. The molecule has 0 unspecified atom stereocenters. The summed E-state index contributed by atoms with van der Waals surface area (Å²) in [4.78, 5) is 19.0. The van der Waals surface area contributed by atoms with Crippen LogP contribution in [0.5, 0.6) is 0 Å². The zero-order valence-electron chi connectivity index (χ0n) is 14.6. The molecule has 4 aromatic heterocycles. The number of aromatic amines is 1. The molecule has 27 heavy (non-hydrogen) atoms. The molecule has 4 aromatic rings. The van der Waals surface area contributed by atoms with Crippen molar-refractivity contribution in [1.82, 2.24) is 19.9 Å². The van der Waals surface area contributed by atoms with E-state index in [1.165, 1.54) is 0 Å². The van der Waals surface area contributed by atoms with Gasteiger partial charge in [-0.05, 0) is 43.2 Å². The standard InChI is InChI=1S/C20H18FN5S/c21-15-2-1-9-26(12-15)18-6-3-14(11-23-18)20-25-19-17(27-20)5-4-16(24-19)13-7-8-22-10-13/h3-8,10-11,15,22H,1-2,9,12H2/t15-/m0/s1. The predicted molar refractivity (Wildman–Crippen MR) is 107 cm³/mol. The van der Waals surface area contributed by atoms with Gasteiger partial charge in [0.15, 0.2) is 5.65 Å². The van der Waals surface area contributed by atoms with Crippen molar-refractivity contribution in [2.45, 2.75) is 19.0 Å². The SMILES string of the molecule is F[C@H]1CCCN(c2ccc(-c3nc4nc(-c5cc[nH]c5)ccc4s3)cn2)C1. The molecule has 1 N–H and O–H groups in total. The van der Waals surface area contributed by atoms with Crippen molar-refractivity contribution in [3.8, 4) is 21.8 Å². The number of fused-ring (bicyclic) bond motifs is 1. The monoisotopic (exact) mass is 379 g/mol. The Morgan fingerprint density at radius 3 is 2.85 bits per heavy atom. The Kier molecular flexibility index (Phi) is 4.09. The van der Waals surface area contributed by atoms with Crippen molar-refractivity contribution in [2.24, 2.45) is 0 Å². The first-order valence-corrected chi connectivity index (χ1v) is 9.84. The van der Waals surface area contributed by atoms with Gasteiger partial charge in [-0.25, -0.2) is 19.3 Å². The van der Waals surface area contributed by atoms with Gasteiger partial charge in [-0.1, -0.05) is 0 Å².